The largest absolute Gasteiger partial charge is 0.497 e. The van der Waals surface area contributed by atoms with Crippen LogP contribution in [0, 0.1) is 5.92 Å². The van der Waals surface area contributed by atoms with Gasteiger partial charge >= 0.3 is 0 Å². The summed E-state index contributed by atoms with van der Waals surface area (Å²) in [6.07, 6.45) is 3.43. The number of pyridine rings is 1. The molecule has 0 saturated heterocycles. The molecule has 0 fully saturated rings. The van der Waals surface area contributed by atoms with Gasteiger partial charge in [0.15, 0.2) is 0 Å². The molecule has 0 aliphatic rings. The zero-order valence-corrected chi connectivity index (χ0v) is 17.6. The van der Waals surface area contributed by atoms with Crippen molar-refractivity contribution in [3.8, 4) is 22.8 Å². The summed E-state index contributed by atoms with van der Waals surface area (Å²) < 4.78 is 10.7. The van der Waals surface area contributed by atoms with Gasteiger partial charge in [0.25, 0.3) is 0 Å². The van der Waals surface area contributed by atoms with E-state index < -0.39 is 0 Å². The molecule has 0 radical (unpaired) electrons. The zero-order chi connectivity index (χ0) is 21.5. The highest BCUT2D eigenvalue weighted by Crippen LogP contribution is 2.29. The quantitative estimate of drug-likeness (QED) is 0.491. The molecule has 0 saturated carbocycles. The van der Waals surface area contributed by atoms with Crippen LogP contribution in [0.1, 0.15) is 13.8 Å². The van der Waals surface area contributed by atoms with Gasteiger partial charge in [0, 0.05) is 47.9 Å². The van der Waals surface area contributed by atoms with E-state index in [4.69, 9.17) is 9.47 Å². The normalized spacial score (nSPS) is 11.8. The summed E-state index contributed by atoms with van der Waals surface area (Å²) in [6.45, 7) is 4.04. The second-order valence-corrected chi connectivity index (χ2v) is 7.10. The van der Waals surface area contributed by atoms with Crippen LogP contribution in [-0.4, -0.2) is 46.9 Å². The van der Waals surface area contributed by atoms with Crippen LogP contribution in [0.3, 0.4) is 0 Å². The van der Waals surface area contributed by atoms with Gasteiger partial charge < -0.3 is 25.2 Å². The Bertz CT molecular complexity index is 944. The number of aliphatic hydroxyl groups excluding tert-OH is 1. The lowest BCUT2D eigenvalue weighted by Crippen LogP contribution is -2.30. The molecular formula is C22H27N5O3. The first-order valence-electron chi connectivity index (χ1n) is 9.69. The van der Waals surface area contributed by atoms with Crippen molar-refractivity contribution >= 4 is 17.5 Å². The third-order valence-electron chi connectivity index (χ3n) is 4.64. The molecule has 3 aromatic rings. The van der Waals surface area contributed by atoms with Gasteiger partial charge in [0.05, 0.1) is 32.6 Å². The molecule has 8 nitrogen and oxygen atoms in total. The van der Waals surface area contributed by atoms with Gasteiger partial charge in [-0.15, -0.1) is 0 Å². The highest BCUT2D eigenvalue weighted by molar-refractivity contribution is 5.68. The second kappa shape index (κ2) is 9.89. The van der Waals surface area contributed by atoms with E-state index in [1.54, 1.807) is 32.7 Å². The molecule has 1 atom stereocenters. The number of ether oxygens (including phenoxy) is 2. The molecular weight excluding hydrogens is 382 g/mol. The second-order valence-electron chi connectivity index (χ2n) is 7.10. The molecule has 2 heterocycles. The Labute approximate surface area is 176 Å². The molecule has 3 rings (SSSR count). The highest BCUT2D eigenvalue weighted by atomic mass is 16.5. The Morgan fingerprint density at radius 3 is 2.20 bits per heavy atom. The number of aliphatic hydroxyl groups is 1. The third-order valence-corrected chi connectivity index (χ3v) is 4.64. The van der Waals surface area contributed by atoms with Gasteiger partial charge in [-0.3, -0.25) is 4.98 Å². The van der Waals surface area contributed by atoms with Crippen LogP contribution in [-0.2, 0) is 0 Å². The maximum absolute atomic E-state index is 9.69. The fraction of sp³-hybridized carbons (Fsp3) is 0.318. The van der Waals surface area contributed by atoms with E-state index in [2.05, 4.69) is 25.6 Å². The minimum atomic E-state index is -0.164. The summed E-state index contributed by atoms with van der Waals surface area (Å²) in [6, 6.07) is 11.0. The number of anilines is 3. The number of nitrogens with zero attached hydrogens (tertiary/aromatic N) is 3. The number of rotatable bonds is 9. The number of benzene rings is 1. The van der Waals surface area contributed by atoms with Crippen LogP contribution >= 0.6 is 0 Å². The van der Waals surface area contributed by atoms with Gasteiger partial charge in [-0.05, 0) is 18.1 Å². The summed E-state index contributed by atoms with van der Waals surface area (Å²) in [5, 5.41) is 16.2. The Hall–Kier alpha value is -3.39. The van der Waals surface area contributed by atoms with Crippen LogP contribution in [0.5, 0.6) is 11.5 Å². The highest BCUT2D eigenvalue weighted by Gasteiger charge is 2.15. The first-order chi connectivity index (χ1) is 14.5. The average Bonchev–Trinajstić information content (AvgIpc) is 2.77. The van der Waals surface area contributed by atoms with Gasteiger partial charge in [0.1, 0.15) is 17.3 Å². The van der Waals surface area contributed by atoms with Crippen LogP contribution in [0.15, 0.2) is 48.8 Å². The molecule has 0 spiro atoms. The van der Waals surface area contributed by atoms with Crippen molar-refractivity contribution in [1.29, 1.82) is 0 Å². The first-order valence-corrected chi connectivity index (χ1v) is 9.69. The molecule has 0 amide bonds. The Morgan fingerprint density at radius 2 is 1.63 bits per heavy atom. The molecule has 0 unspecified atom stereocenters. The number of methoxy groups -OCH3 is 2. The summed E-state index contributed by atoms with van der Waals surface area (Å²) in [7, 11) is 3.21. The lowest BCUT2D eigenvalue weighted by Gasteiger charge is -2.21. The van der Waals surface area contributed by atoms with Crippen molar-refractivity contribution in [1.82, 2.24) is 15.0 Å². The maximum Gasteiger partial charge on any atom is 0.225 e. The van der Waals surface area contributed by atoms with E-state index in [0.29, 0.717) is 23.3 Å². The first kappa shape index (κ1) is 21.3. The number of aromatic nitrogens is 3. The molecule has 158 valence electrons. The molecule has 0 aliphatic carbocycles. The Balaban J connectivity index is 1.99. The topological polar surface area (TPSA) is 101 Å². The van der Waals surface area contributed by atoms with Crippen molar-refractivity contribution in [2.75, 3.05) is 31.5 Å². The lowest BCUT2D eigenvalue weighted by molar-refractivity contribution is 0.248. The molecule has 1 aromatic carbocycles. The van der Waals surface area contributed by atoms with E-state index in [1.165, 1.54) is 0 Å². The number of hydrogen-bond acceptors (Lipinski definition) is 8. The maximum atomic E-state index is 9.69. The van der Waals surface area contributed by atoms with Crippen LogP contribution in [0.2, 0.25) is 0 Å². The Kier molecular flexibility index (Phi) is 7.03. The number of hydrogen-bond donors (Lipinski definition) is 3. The predicted molar refractivity (Wildman–Crippen MR) is 117 cm³/mol. The van der Waals surface area contributed by atoms with E-state index in [0.717, 1.165) is 16.9 Å². The fourth-order valence-electron chi connectivity index (χ4n) is 2.86. The Morgan fingerprint density at radius 1 is 0.967 bits per heavy atom. The summed E-state index contributed by atoms with van der Waals surface area (Å²) in [5.74, 6) is 2.56. The van der Waals surface area contributed by atoms with Gasteiger partial charge in [-0.2, -0.15) is 4.98 Å². The van der Waals surface area contributed by atoms with Gasteiger partial charge in [-0.25, -0.2) is 4.98 Å². The number of nitrogens with one attached hydrogen (secondary N) is 2. The van der Waals surface area contributed by atoms with E-state index >= 15 is 0 Å². The van der Waals surface area contributed by atoms with Crippen molar-refractivity contribution in [3.05, 3.63) is 48.8 Å². The SMILES string of the molecule is COc1cc(Nc2cc(-c3ccncc3)nc(N[C@H](CO)C(C)C)n2)cc(OC)c1. The molecule has 30 heavy (non-hydrogen) atoms. The minimum absolute atomic E-state index is 0.0175. The van der Waals surface area contributed by atoms with Gasteiger partial charge in [-0.1, -0.05) is 13.8 Å². The zero-order valence-electron chi connectivity index (χ0n) is 17.6. The summed E-state index contributed by atoms with van der Waals surface area (Å²) in [4.78, 5) is 13.3. The molecule has 2 aromatic heterocycles. The van der Waals surface area contributed by atoms with Crippen LogP contribution < -0.4 is 20.1 Å². The van der Waals surface area contributed by atoms with Crippen LogP contribution in [0.25, 0.3) is 11.3 Å². The molecule has 8 heteroatoms. The molecule has 3 N–H and O–H groups in total. The smallest absolute Gasteiger partial charge is 0.225 e. The third kappa shape index (κ3) is 5.36. The van der Waals surface area contributed by atoms with Crippen molar-refractivity contribution in [2.24, 2.45) is 5.92 Å². The van der Waals surface area contributed by atoms with Crippen LogP contribution in [0.4, 0.5) is 17.5 Å². The lowest BCUT2D eigenvalue weighted by atomic mass is 10.1. The summed E-state index contributed by atoms with van der Waals surface area (Å²) >= 11 is 0. The van der Waals surface area contributed by atoms with Crippen molar-refractivity contribution in [2.45, 2.75) is 19.9 Å². The standard InChI is InChI=1S/C22H27N5O3/c1-14(2)20(13-28)26-22-25-19(15-5-7-23-8-6-15)12-21(27-22)24-16-9-17(29-3)11-18(10-16)30-4/h5-12,14,20,28H,13H2,1-4H3,(H2,24,25,26,27)/t20-/m1/s1. The molecule has 0 bridgehead atoms. The minimum Gasteiger partial charge on any atom is -0.497 e. The van der Waals surface area contributed by atoms with E-state index in [-0.39, 0.29) is 18.6 Å². The van der Waals surface area contributed by atoms with Gasteiger partial charge in [0.2, 0.25) is 5.95 Å². The summed E-state index contributed by atoms with van der Waals surface area (Å²) in [5.41, 5.74) is 2.40. The van der Waals surface area contributed by atoms with E-state index in [1.807, 2.05) is 44.2 Å². The van der Waals surface area contributed by atoms with E-state index in [9.17, 15) is 5.11 Å². The van der Waals surface area contributed by atoms with Crippen molar-refractivity contribution < 1.29 is 14.6 Å². The monoisotopic (exact) mass is 409 g/mol. The van der Waals surface area contributed by atoms with Crippen molar-refractivity contribution in [3.63, 3.8) is 0 Å². The fourth-order valence-corrected chi connectivity index (χ4v) is 2.86. The molecule has 0 aliphatic heterocycles. The average molecular weight is 409 g/mol. The predicted octanol–water partition coefficient (Wildman–Crippen LogP) is 3.73.